The number of carbonyl (C=O) groups excluding carboxylic acids is 1. The van der Waals surface area contributed by atoms with Crippen molar-refractivity contribution < 1.29 is 13.2 Å². The van der Waals surface area contributed by atoms with E-state index in [2.05, 4.69) is 6.92 Å². The van der Waals surface area contributed by atoms with Gasteiger partial charge in [0.1, 0.15) is 0 Å². The van der Waals surface area contributed by atoms with Crippen molar-refractivity contribution in [3.8, 4) is 0 Å². The lowest BCUT2D eigenvalue weighted by atomic mass is 9.92. The molecule has 2 rings (SSSR count). The van der Waals surface area contributed by atoms with Gasteiger partial charge in [0.05, 0.1) is 10.6 Å². The van der Waals surface area contributed by atoms with Crippen LogP contribution in [0.5, 0.6) is 0 Å². The molecule has 1 aliphatic heterocycles. The molecule has 2 N–H and O–H groups in total. The average molecular weight is 361 g/mol. The van der Waals surface area contributed by atoms with Crippen LogP contribution in [0, 0.1) is 5.92 Å². The van der Waals surface area contributed by atoms with Gasteiger partial charge in [0.15, 0.2) is 9.84 Å². The highest BCUT2D eigenvalue weighted by molar-refractivity contribution is 7.91. The number of benzene rings is 1. The van der Waals surface area contributed by atoms with Gasteiger partial charge in [-0.3, -0.25) is 4.79 Å². The van der Waals surface area contributed by atoms with Crippen LogP contribution in [0.25, 0.3) is 0 Å². The van der Waals surface area contributed by atoms with Crippen molar-refractivity contribution in [2.45, 2.75) is 37.6 Å². The second-order valence-electron chi connectivity index (χ2n) is 5.95. The summed E-state index contributed by atoms with van der Waals surface area (Å²) in [5, 5.41) is 0. The van der Waals surface area contributed by atoms with Gasteiger partial charge in [0.25, 0.3) is 5.91 Å². The molecule has 1 aromatic carbocycles. The molecule has 5 nitrogen and oxygen atoms in total. The molecule has 0 radical (unpaired) electrons. The smallest absolute Gasteiger partial charge is 0.254 e. The molecule has 1 heterocycles. The van der Waals surface area contributed by atoms with Crippen molar-refractivity contribution in [1.29, 1.82) is 0 Å². The van der Waals surface area contributed by atoms with Crippen molar-refractivity contribution >= 4 is 28.2 Å². The second kappa shape index (κ2) is 8.13. The molecule has 2 atom stereocenters. The minimum Gasteiger partial charge on any atom is -0.334 e. The molecular weight excluding hydrogens is 336 g/mol. The van der Waals surface area contributed by atoms with Gasteiger partial charge in [-0.15, -0.1) is 12.4 Å². The molecule has 0 bridgehead atoms. The highest BCUT2D eigenvalue weighted by atomic mass is 35.5. The molecule has 130 valence electrons. The number of nitrogens with two attached hydrogens (primary N) is 1. The maximum absolute atomic E-state index is 12.6. The number of rotatable bonds is 4. The summed E-state index contributed by atoms with van der Waals surface area (Å²) >= 11 is 0. The van der Waals surface area contributed by atoms with E-state index < -0.39 is 9.84 Å². The van der Waals surface area contributed by atoms with E-state index in [1.54, 1.807) is 19.1 Å². The van der Waals surface area contributed by atoms with Crippen molar-refractivity contribution in [1.82, 2.24) is 4.90 Å². The molecule has 0 aliphatic carbocycles. The lowest BCUT2D eigenvalue weighted by Crippen LogP contribution is -2.49. The van der Waals surface area contributed by atoms with Crippen LogP contribution >= 0.6 is 12.4 Å². The Morgan fingerprint density at radius 2 is 1.91 bits per heavy atom. The number of amides is 1. The Morgan fingerprint density at radius 1 is 1.30 bits per heavy atom. The predicted octanol–water partition coefficient (Wildman–Crippen LogP) is 2.10. The van der Waals surface area contributed by atoms with Crippen LogP contribution in [0.15, 0.2) is 29.2 Å². The summed E-state index contributed by atoms with van der Waals surface area (Å²) in [6.45, 7) is 4.94. The number of halogens is 1. The van der Waals surface area contributed by atoms with E-state index in [1.807, 2.05) is 4.90 Å². The minimum absolute atomic E-state index is 0. The van der Waals surface area contributed by atoms with Crippen molar-refractivity contribution in [2.24, 2.45) is 11.7 Å². The Kier molecular flexibility index (Phi) is 7.04. The third kappa shape index (κ3) is 4.46. The van der Waals surface area contributed by atoms with E-state index in [1.165, 1.54) is 12.1 Å². The van der Waals surface area contributed by atoms with Crippen LogP contribution in [0.2, 0.25) is 0 Å². The molecule has 1 amide bonds. The van der Waals surface area contributed by atoms with Gasteiger partial charge >= 0.3 is 0 Å². The van der Waals surface area contributed by atoms with Crippen LogP contribution < -0.4 is 5.73 Å². The van der Waals surface area contributed by atoms with E-state index in [0.717, 1.165) is 12.8 Å². The zero-order valence-corrected chi connectivity index (χ0v) is 15.2. The summed E-state index contributed by atoms with van der Waals surface area (Å²) in [6, 6.07) is 6.27. The molecular formula is C16H25ClN2O3S. The standard InChI is InChI=1S/C16H24N2O3S.ClH/c1-3-22(20,21)15-6-4-13(5-7-15)16(19)18-9-8-12(2)10-14(18)11-17;/h4-7,12,14H,3,8-11,17H2,1-2H3;1H. The fraction of sp³-hybridized carbons (Fsp3) is 0.562. The van der Waals surface area contributed by atoms with Gasteiger partial charge in [-0.25, -0.2) is 8.42 Å². The quantitative estimate of drug-likeness (QED) is 0.891. The SMILES string of the molecule is CCS(=O)(=O)c1ccc(C(=O)N2CCC(C)CC2CN)cc1.Cl. The fourth-order valence-corrected chi connectivity index (χ4v) is 3.76. The first-order chi connectivity index (χ1) is 10.4. The predicted molar refractivity (Wildman–Crippen MR) is 93.7 cm³/mol. The number of sulfone groups is 1. The first-order valence-corrected chi connectivity index (χ1v) is 9.38. The number of piperidine rings is 1. The van der Waals surface area contributed by atoms with Gasteiger partial charge in [-0.1, -0.05) is 13.8 Å². The highest BCUT2D eigenvalue weighted by Crippen LogP contribution is 2.24. The third-order valence-corrected chi connectivity index (χ3v) is 6.10. The van der Waals surface area contributed by atoms with Gasteiger partial charge in [-0.05, 0) is 43.0 Å². The number of nitrogens with zero attached hydrogens (tertiary/aromatic N) is 1. The molecule has 1 fully saturated rings. The van der Waals surface area contributed by atoms with Crippen LogP contribution in [-0.4, -0.2) is 44.1 Å². The monoisotopic (exact) mass is 360 g/mol. The number of hydrogen-bond donors (Lipinski definition) is 1. The highest BCUT2D eigenvalue weighted by Gasteiger charge is 2.29. The number of carbonyl (C=O) groups is 1. The molecule has 1 aliphatic rings. The Hall–Kier alpha value is -1.11. The maximum atomic E-state index is 12.6. The molecule has 0 spiro atoms. The topological polar surface area (TPSA) is 80.5 Å². The van der Waals surface area contributed by atoms with Crippen LogP contribution in [-0.2, 0) is 9.84 Å². The lowest BCUT2D eigenvalue weighted by molar-refractivity contribution is 0.0573. The van der Waals surface area contributed by atoms with Gasteiger partial charge < -0.3 is 10.6 Å². The number of hydrogen-bond acceptors (Lipinski definition) is 4. The number of likely N-dealkylation sites (tertiary alicyclic amines) is 1. The van der Waals surface area contributed by atoms with Crippen molar-refractivity contribution in [2.75, 3.05) is 18.8 Å². The average Bonchev–Trinajstić information content (AvgIpc) is 2.54. The summed E-state index contributed by atoms with van der Waals surface area (Å²) < 4.78 is 23.6. The summed E-state index contributed by atoms with van der Waals surface area (Å²) in [7, 11) is -3.23. The van der Waals surface area contributed by atoms with Gasteiger partial charge in [-0.2, -0.15) is 0 Å². The summed E-state index contributed by atoms with van der Waals surface area (Å²) in [6.07, 6.45) is 1.90. The largest absolute Gasteiger partial charge is 0.334 e. The van der Waals surface area contributed by atoms with Gasteiger partial charge in [0.2, 0.25) is 0 Å². The van der Waals surface area contributed by atoms with E-state index in [-0.39, 0.29) is 35.0 Å². The maximum Gasteiger partial charge on any atom is 0.254 e. The molecule has 7 heteroatoms. The van der Waals surface area contributed by atoms with E-state index in [4.69, 9.17) is 5.73 Å². The normalized spacial score (nSPS) is 21.6. The van der Waals surface area contributed by atoms with Crippen LogP contribution in [0.3, 0.4) is 0 Å². The lowest BCUT2D eigenvalue weighted by Gasteiger charge is -2.38. The molecule has 0 saturated carbocycles. The first-order valence-electron chi connectivity index (χ1n) is 7.73. The minimum atomic E-state index is -3.23. The Bertz CT molecular complexity index is 631. The molecule has 0 aromatic heterocycles. The first kappa shape index (κ1) is 19.9. The summed E-state index contributed by atoms with van der Waals surface area (Å²) in [4.78, 5) is 14.7. The molecule has 2 unspecified atom stereocenters. The van der Waals surface area contributed by atoms with Crippen LogP contribution in [0.1, 0.15) is 37.0 Å². The molecule has 23 heavy (non-hydrogen) atoms. The molecule has 1 saturated heterocycles. The Labute approximate surface area is 144 Å². The van der Waals surface area contributed by atoms with Gasteiger partial charge in [0, 0.05) is 24.7 Å². The third-order valence-electron chi connectivity index (χ3n) is 4.35. The van der Waals surface area contributed by atoms with E-state index in [0.29, 0.717) is 24.6 Å². The second-order valence-corrected chi connectivity index (χ2v) is 8.22. The zero-order valence-electron chi connectivity index (χ0n) is 13.6. The summed E-state index contributed by atoms with van der Waals surface area (Å²) in [5.74, 6) is 0.567. The van der Waals surface area contributed by atoms with Crippen molar-refractivity contribution in [3.05, 3.63) is 29.8 Å². The van der Waals surface area contributed by atoms with E-state index >= 15 is 0 Å². The zero-order chi connectivity index (χ0) is 16.3. The van der Waals surface area contributed by atoms with Crippen LogP contribution in [0.4, 0.5) is 0 Å². The summed E-state index contributed by atoms with van der Waals surface area (Å²) in [5.41, 5.74) is 6.31. The Balaban J connectivity index is 0.00000264. The van der Waals surface area contributed by atoms with Crippen molar-refractivity contribution in [3.63, 3.8) is 0 Å². The molecule has 1 aromatic rings. The Morgan fingerprint density at radius 3 is 2.43 bits per heavy atom. The fourth-order valence-electron chi connectivity index (χ4n) is 2.88. The van der Waals surface area contributed by atoms with E-state index in [9.17, 15) is 13.2 Å².